The van der Waals surface area contributed by atoms with E-state index in [1.54, 1.807) is 18.2 Å². The lowest BCUT2D eigenvalue weighted by Crippen LogP contribution is -2.23. The van der Waals surface area contributed by atoms with Crippen LogP contribution in [0, 0.1) is 25.2 Å². The Kier molecular flexibility index (Phi) is 9.24. The smallest absolute Gasteiger partial charge is 0.262 e. The van der Waals surface area contributed by atoms with Crippen molar-refractivity contribution in [3.63, 3.8) is 0 Å². The van der Waals surface area contributed by atoms with E-state index < -0.39 is 5.91 Å². The summed E-state index contributed by atoms with van der Waals surface area (Å²) in [5.74, 6) is 0.0321. The molecule has 184 valence electrons. The van der Waals surface area contributed by atoms with E-state index in [9.17, 15) is 14.9 Å². The molecule has 3 aromatic rings. The molecule has 0 aliphatic heterocycles. The highest BCUT2D eigenvalue weighted by atomic mass is 16.5. The standard InChI is InChI=1S/C29H29N3O4/c1-4-35-27-16-23(15-24(17-30)29(34)31-18-22-8-6-5-7-9-22)12-13-26(27)36-19-28(33)32-25-14-20(2)10-11-21(25)3/h5-16H,4,18-19H2,1-3H3,(H,31,34)(H,32,33)/b24-15+. The van der Waals surface area contributed by atoms with Crippen LogP contribution in [0.25, 0.3) is 6.08 Å². The Labute approximate surface area is 211 Å². The number of carbonyl (C=O) groups is 2. The van der Waals surface area contributed by atoms with Gasteiger partial charge in [-0.25, -0.2) is 0 Å². The second-order valence-corrected chi connectivity index (χ2v) is 8.13. The van der Waals surface area contributed by atoms with Gasteiger partial charge in [0.15, 0.2) is 18.1 Å². The summed E-state index contributed by atoms with van der Waals surface area (Å²) in [4.78, 5) is 24.9. The molecule has 7 heteroatoms. The van der Waals surface area contributed by atoms with Crippen molar-refractivity contribution in [2.45, 2.75) is 27.3 Å². The van der Waals surface area contributed by atoms with E-state index in [0.29, 0.717) is 30.2 Å². The maximum Gasteiger partial charge on any atom is 0.262 e. The molecule has 0 fully saturated rings. The minimum atomic E-state index is -0.470. The fourth-order valence-corrected chi connectivity index (χ4v) is 3.39. The van der Waals surface area contributed by atoms with Crippen LogP contribution in [0.2, 0.25) is 0 Å². The van der Waals surface area contributed by atoms with E-state index in [2.05, 4.69) is 10.6 Å². The number of nitriles is 1. The molecular weight excluding hydrogens is 454 g/mol. The molecule has 0 unspecified atom stereocenters. The highest BCUT2D eigenvalue weighted by Crippen LogP contribution is 2.29. The van der Waals surface area contributed by atoms with Gasteiger partial charge in [0.2, 0.25) is 0 Å². The third-order valence-corrected chi connectivity index (χ3v) is 5.27. The van der Waals surface area contributed by atoms with Crippen LogP contribution in [0.5, 0.6) is 11.5 Å². The molecule has 0 radical (unpaired) electrons. The molecule has 0 saturated carbocycles. The molecule has 0 aromatic heterocycles. The number of amides is 2. The summed E-state index contributed by atoms with van der Waals surface area (Å²) >= 11 is 0. The number of aryl methyl sites for hydroxylation is 2. The van der Waals surface area contributed by atoms with Crippen molar-refractivity contribution < 1.29 is 19.1 Å². The first kappa shape index (κ1) is 26.0. The van der Waals surface area contributed by atoms with Crippen LogP contribution in [0.1, 0.15) is 29.2 Å². The third-order valence-electron chi connectivity index (χ3n) is 5.27. The predicted molar refractivity (Wildman–Crippen MR) is 140 cm³/mol. The number of anilines is 1. The second kappa shape index (κ2) is 12.8. The Balaban J connectivity index is 1.67. The van der Waals surface area contributed by atoms with Crippen LogP contribution in [-0.2, 0) is 16.1 Å². The van der Waals surface area contributed by atoms with Crippen LogP contribution in [0.15, 0.2) is 72.3 Å². The molecule has 7 nitrogen and oxygen atoms in total. The number of hydrogen-bond donors (Lipinski definition) is 2. The van der Waals surface area contributed by atoms with Crippen molar-refractivity contribution in [3.05, 3.63) is 94.6 Å². The number of carbonyl (C=O) groups excluding carboxylic acids is 2. The van der Waals surface area contributed by atoms with Gasteiger partial charge < -0.3 is 20.1 Å². The van der Waals surface area contributed by atoms with E-state index in [4.69, 9.17) is 9.47 Å². The number of nitrogens with one attached hydrogen (secondary N) is 2. The average molecular weight is 484 g/mol. The minimum Gasteiger partial charge on any atom is -0.490 e. The fourth-order valence-electron chi connectivity index (χ4n) is 3.39. The third kappa shape index (κ3) is 7.47. The highest BCUT2D eigenvalue weighted by Gasteiger charge is 2.13. The first-order valence-electron chi connectivity index (χ1n) is 11.6. The number of benzene rings is 3. The zero-order valence-electron chi connectivity index (χ0n) is 20.6. The van der Waals surface area contributed by atoms with E-state index >= 15 is 0 Å². The van der Waals surface area contributed by atoms with Crippen molar-refractivity contribution >= 4 is 23.6 Å². The van der Waals surface area contributed by atoms with Gasteiger partial charge in [0.05, 0.1) is 6.61 Å². The van der Waals surface area contributed by atoms with Gasteiger partial charge in [0.1, 0.15) is 11.6 Å². The Morgan fingerprint density at radius 3 is 2.47 bits per heavy atom. The predicted octanol–water partition coefficient (Wildman–Crippen LogP) is 4.94. The molecule has 0 bridgehead atoms. The Morgan fingerprint density at radius 2 is 1.75 bits per heavy atom. The van der Waals surface area contributed by atoms with Crippen LogP contribution in [0.4, 0.5) is 5.69 Å². The average Bonchev–Trinajstić information content (AvgIpc) is 2.88. The largest absolute Gasteiger partial charge is 0.490 e. The monoisotopic (exact) mass is 483 g/mol. The summed E-state index contributed by atoms with van der Waals surface area (Å²) in [5, 5.41) is 15.1. The molecule has 0 aliphatic rings. The molecule has 36 heavy (non-hydrogen) atoms. The Bertz CT molecular complexity index is 1290. The molecule has 0 spiro atoms. The lowest BCUT2D eigenvalue weighted by atomic mass is 10.1. The summed E-state index contributed by atoms with van der Waals surface area (Å²) in [7, 11) is 0. The molecule has 2 amide bonds. The van der Waals surface area contributed by atoms with Crippen LogP contribution < -0.4 is 20.1 Å². The molecule has 3 rings (SSSR count). The normalized spacial score (nSPS) is 10.8. The molecule has 0 heterocycles. The lowest BCUT2D eigenvalue weighted by Gasteiger charge is -2.14. The quantitative estimate of drug-likeness (QED) is 0.314. The zero-order valence-corrected chi connectivity index (χ0v) is 20.6. The first-order valence-corrected chi connectivity index (χ1v) is 11.6. The Morgan fingerprint density at radius 1 is 0.972 bits per heavy atom. The number of rotatable bonds is 10. The number of ether oxygens (including phenoxy) is 2. The van der Waals surface area contributed by atoms with Gasteiger partial charge in [-0.2, -0.15) is 5.26 Å². The molecule has 0 atom stereocenters. The van der Waals surface area contributed by atoms with Gasteiger partial charge in [-0.05, 0) is 67.3 Å². The topological polar surface area (TPSA) is 100 Å². The molecule has 0 saturated heterocycles. The Hall–Kier alpha value is -4.57. The van der Waals surface area contributed by atoms with Gasteiger partial charge in [-0.3, -0.25) is 9.59 Å². The van der Waals surface area contributed by atoms with Crippen LogP contribution in [-0.4, -0.2) is 25.0 Å². The van der Waals surface area contributed by atoms with E-state index in [1.165, 1.54) is 6.08 Å². The van der Waals surface area contributed by atoms with Crippen molar-refractivity contribution in [1.29, 1.82) is 5.26 Å². The van der Waals surface area contributed by atoms with Crippen molar-refractivity contribution in [1.82, 2.24) is 5.32 Å². The highest BCUT2D eigenvalue weighted by molar-refractivity contribution is 6.01. The maximum atomic E-state index is 12.5. The lowest BCUT2D eigenvalue weighted by molar-refractivity contribution is -0.118. The maximum absolute atomic E-state index is 12.5. The molecule has 3 aromatic carbocycles. The van der Waals surface area contributed by atoms with Gasteiger partial charge >= 0.3 is 0 Å². The van der Waals surface area contributed by atoms with E-state index in [0.717, 1.165) is 22.4 Å². The fraction of sp³-hybridized carbons (Fsp3) is 0.207. The van der Waals surface area contributed by atoms with Crippen LogP contribution >= 0.6 is 0 Å². The van der Waals surface area contributed by atoms with Crippen LogP contribution in [0.3, 0.4) is 0 Å². The second-order valence-electron chi connectivity index (χ2n) is 8.13. The van der Waals surface area contributed by atoms with Gasteiger partial charge in [0.25, 0.3) is 11.8 Å². The first-order chi connectivity index (χ1) is 17.4. The summed E-state index contributed by atoms with van der Waals surface area (Å²) in [6, 6.07) is 22.3. The van der Waals surface area contributed by atoms with E-state index in [-0.39, 0.29) is 18.1 Å². The summed E-state index contributed by atoms with van der Waals surface area (Å²) in [6.45, 7) is 6.21. The molecular formula is C29H29N3O4. The van der Waals surface area contributed by atoms with Crippen molar-refractivity contribution in [2.24, 2.45) is 0 Å². The van der Waals surface area contributed by atoms with E-state index in [1.807, 2.05) is 75.4 Å². The summed E-state index contributed by atoms with van der Waals surface area (Å²) < 4.78 is 11.4. The van der Waals surface area contributed by atoms with Gasteiger partial charge in [0, 0.05) is 12.2 Å². The van der Waals surface area contributed by atoms with Gasteiger partial charge in [-0.1, -0.05) is 48.5 Å². The zero-order chi connectivity index (χ0) is 25.9. The minimum absolute atomic E-state index is 0.0325. The molecule has 0 aliphatic carbocycles. The van der Waals surface area contributed by atoms with Crippen molar-refractivity contribution in [2.75, 3.05) is 18.5 Å². The molecule has 2 N–H and O–H groups in total. The summed E-state index contributed by atoms with van der Waals surface area (Å²) in [6.07, 6.45) is 1.49. The van der Waals surface area contributed by atoms with Gasteiger partial charge in [-0.15, -0.1) is 0 Å². The van der Waals surface area contributed by atoms with Crippen molar-refractivity contribution in [3.8, 4) is 17.6 Å². The SMILES string of the molecule is CCOc1cc(/C=C(\C#N)C(=O)NCc2ccccc2)ccc1OCC(=O)Nc1cc(C)ccc1C. The number of nitrogens with zero attached hydrogens (tertiary/aromatic N) is 1. The summed E-state index contributed by atoms with van der Waals surface area (Å²) in [5.41, 5.74) is 4.24. The number of hydrogen-bond acceptors (Lipinski definition) is 5.